The quantitative estimate of drug-likeness (QED) is 0.819. The third-order valence-electron chi connectivity index (χ3n) is 4.24. The number of hydrogen-bond acceptors (Lipinski definition) is 3. The molecule has 1 aromatic carbocycles. The van der Waals surface area contributed by atoms with Gasteiger partial charge in [0, 0.05) is 11.9 Å². The fourth-order valence-corrected chi connectivity index (χ4v) is 4.13. The number of amides is 2. The Morgan fingerprint density at radius 1 is 1.15 bits per heavy atom. The molecule has 0 aliphatic heterocycles. The van der Waals surface area contributed by atoms with Gasteiger partial charge in [-0.3, -0.25) is 9.59 Å². The average molecular weight is 382 g/mol. The highest BCUT2D eigenvalue weighted by Crippen LogP contribution is 2.30. The standard InChI is InChI=1S/C18H17F3N2O2S/c1-23(18(25)14-8-10-4-2-3-5-13(10)26-14)9-15(24)22-12-7-6-11(19)16(20)17(12)21/h6-8H,2-5,9H2,1H3,(H,22,24). The Balaban J connectivity index is 1.64. The molecule has 0 atom stereocenters. The summed E-state index contributed by atoms with van der Waals surface area (Å²) in [6.45, 7) is -0.333. The highest BCUT2D eigenvalue weighted by Gasteiger charge is 2.22. The van der Waals surface area contributed by atoms with E-state index < -0.39 is 29.0 Å². The van der Waals surface area contributed by atoms with E-state index in [1.165, 1.54) is 33.7 Å². The van der Waals surface area contributed by atoms with Crippen LogP contribution >= 0.6 is 11.3 Å². The van der Waals surface area contributed by atoms with Crippen LogP contribution in [0.3, 0.4) is 0 Å². The predicted molar refractivity (Wildman–Crippen MR) is 92.9 cm³/mol. The monoisotopic (exact) mass is 382 g/mol. The fraction of sp³-hybridized carbons (Fsp3) is 0.333. The Hall–Kier alpha value is -2.35. The third-order valence-corrected chi connectivity index (χ3v) is 5.47. The minimum Gasteiger partial charge on any atom is -0.332 e. The van der Waals surface area contributed by atoms with Crippen LogP contribution in [0.4, 0.5) is 18.9 Å². The summed E-state index contributed by atoms with van der Waals surface area (Å²) in [7, 11) is 1.46. The van der Waals surface area contributed by atoms with Gasteiger partial charge in [0.25, 0.3) is 5.91 Å². The van der Waals surface area contributed by atoms with Gasteiger partial charge in [0.2, 0.25) is 5.91 Å². The lowest BCUT2D eigenvalue weighted by atomic mass is 9.99. The number of fused-ring (bicyclic) bond motifs is 1. The van der Waals surface area contributed by atoms with Crippen molar-refractivity contribution in [1.82, 2.24) is 4.90 Å². The molecule has 2 amide bonds. The van der Waals surface area contributed by atoms with Crippen molar-refractivity contribution in [3.8, 4) is 0 Å². The van der Waals surface area contributed by atoms with Crippen LogP contribution in [0.15, 0.2) is 18.2 Å². The zero-order valence-corrected chi connectivity index (χ0v) is 14.9. The van der Waals surface area contributed by atoms with Crippen molar-refractivity contribution in [3.05, 3.63) is 51.0 Å². The molecule has 1 N–H and O–H groups in total. The summed E-state index contributed by atoms with van der Waals surface area (Å²) < 4.78 is 39.7. The molecular weight excluding hydrogens is 365 g/mol. The Morgan fingerprint density at radius 3 is 2.62 bits per heavy atom. The van der Waals surface area contributed by atoms with Crippen molar-refractivity contribution in [2.45, 2.75) is 25.7 Å². The third kappa shape index (κ3) is 3.75. The van der Waals surface area contributed by atoms with E-state index >= 15 is 0 Å². The molecule has 0 bridgehead atoms. The van der Waals surface area contributed by atoms with Gasteiger partial charge in [-0.05, 0) is 49.4 Å². The summed E-state index contributed by atoms with van der Waals surface area (Å²) in [6, 6.07) is 3.52. The lowest BCUT2D eigenvalue weighted by Gasteiger charge is -2.16. The van der Waals surface area contributed by atoms with E-state index in [0.717, 1.165) is 37.8 Å². The number of thiophene rings is 1. The molecule has 2 aromatic rings. The van der Waals surface area contributed by atoms with Crippen molar-refractivity contribution in [1.29, 1.82) is 0 Å². The molecule has 3 rings (SSSR count). The predicted octanol–water partition coefficient (Wildman–Crippen LogP) is 3.75. The first-order valence-electron chi connectivity index (χ1n) is 8.17. The van der Waals surface area contributed by atoms with E-state index in [1.54, 1.807) is 0 Å². The molecule has 0 spiro atoms. The molecule has 0 unspecified atom stereocenters. The number of halogens is 3. The minimum absolute atomic E-state index is 0.301. The zero-order valence-electron chi connectivity index (χ0n) is 14.1. The lowest BCUT2D eigenvalue weighted by Crippen LogP contribution is -2.34. The topological polar surface area (TPSA) is 49.4 Å². The number of anilines is 1. The number of benzene rings is 1. The Bertz CT molecular complexity index is 843. The van der Waals surface area contributed by atoms with Gasteiger partial charge in [0.05, 0.1) is 17.1 Å². The van der Waals surface area contributed by atoms with Crippen LogP contribution in [-0.4, -0.2) is 30.3 Å². The molecule has 4 nitrogen and oxygen atoms in total. The molecule has 1 aliphatic rings. The van der Waals surface area contributed by atoms with Gasteiger partial charge in [-0.1, -0.05) is 0 Å². The summed E-state index contributed by atoms with van der Waals surface area (Å²) in [6.07, 6.45) is 4.14. The Morgan fingerprint density at radius 2 is 1.88 bits per heavy atom. The lowest BCUT2D eigenvalue weighted by molar-refractivity contribution is -0.116. The number of nitrogens with one attached hydrogen (secondary N) is 1. The van der Waals surface area contributed by atoms with Crippen molar-refractivity contribution in [2.24, 2.45) is 0 Å². The maximum absolute atomic E-state index is 13.6. The van der Waals surface area contributed by atoms with Crippen molar-refractivity contribution >= 4 is 28.8 Å². The summed E-state index contributed by atoms with van der Waals surface area (Å²) in [5.74, 6) is -5.47. The number of nitrogens with zero attached hydrogens (tertiary/aromatic N) is 1. The van der Waals surface area contributed by atoms with Crippen LogP contribution in [0.25, 0.3) is 0 Å². The Labute approximate surface area is 152 Å². The molecule has 26 heavy (non-hydrogen) atoms. The molecule has 1 heterocycles. The van der Waals surface area contributed by atoms with Gasteiger partial charge in [0.1, 0.15) is 0 Å². The SMILES string of the molecule is CN(CC(=O)Nc1ccc(F)c(F)c1F)C(=O)c1cc2c(s1)CCCC2. The van der Waals surface area contributed by atoms with Crippen LogP contribution in [0, 0.1) is 17.5 Å². The second kappa shape index (κ2) is 7.49. The molecule has 0 radical (unpaired) electrons. The van der Waals surface area contributed by atoms with Gasteiger partial charge in [-0.25, -0.2) is 13.2 Å². The number of hydrogen-bond donors (Lipinski definition) is 1. The van der Waals surface area contributed by atoms with E-state index in [1.807, 2.05) is 6.07 Å². The van der Waals surface area contributed by atoms with E-state index in [2.05, 4.69) is 5.32 Å². The second-order valence-corrected chi connectivity index (χ2v) is 7.34. The van der Waals surface area contributed by atoms with Crippen molar-refractivity contribution < 1.29 is 22.8 Å². The van der Waals surface area contributed by atoms with Crippen LogP contribution in [0.2, 0.25) is 0 Å². The molecule has 1 aromatic heterocycles. The average Bonchev–Trinajstić information content (AvgIpc) is 3.05. The summed E-state index contributed by atoms with van der Waals surface area (Å²) in [5, 5.41) is 2.15. The zero-order chi connectivity index (χ0) is 18.8. The second-order valence-electron chi connectivity index (χ2n) is 6.20. The molecule has 0 saturated carbocycles. The molecule has 0 saturated heterocycles. The van der Waals surface area contributed by atoms with Gasteiger partial charge < -0.3 is 10.2 Å². The summed E-state index contributed by atoms with van der Waals surface area (Å²) >= 11 is 1.43. The first-order chi connectivity index (χ1) is 12.4. The molecule has 138 valence electrons. The first-order valence-corrected chi connectivity index (χ1v) is 8.99. The van der Waals surface area contributed by atoms with Gasteiger partial charge >= 0.3 is 0 Å². The van der Waals surface area contributed by atoms with Gasteiger partial charge in [0.15, 0.2) is 17.5 Å². The number of likely N-dealkylation sites (N-methyl/N-ethyl adjacent to an activating group) is 1. The van der Waals surface area contributed by atoms with E-state index in [4.69, 9.17) is 0 Å². The molecular formula is C18H17F3N2O2S. The molecule has 1 aliphatic carbocycles. The van der Waals surface area contributed by atoms with E-state index in [0.29, 0.717) is 4.88 Å². The maximum Gasteiger partial charge on any atom is 0.264 e. The smallest absolute Gasteiger partial charge is 0.264 e. The maximum atomic E-state index is 13.6. The number of rotatable bonds is 4. The van der Waals surface area contributed by atoms with Crippen LogP contribution in [0.1, 0.15) is 33.0 Å². The molecule has 0 fully saturated rings. The highest BCUT2D eigenvalue weighted by molar-refractivity contribution is 7.14. The van der Waals surface area contributed by atoms with Crippen molar-refractivity contribution in [3.63, 3.8) is 0 Å². The van der Waals surface area contributed by atoms with Crippen LogP contribution in [0.5, 0.6) is 0 Å². The summed E-state index contributed by atoms with van der Waals surface area (Å²) in [4.78, 5) is 27.5. The highest BCUT2D eigenvalue weighted by atomic mass is 32.1. The largest absolute Gasteiger partial charge is 0.332 e. The Kier molecular flexibility index (Phi) is 5.31. The summed E-state index contributed by atoms with van der Waals surface area (Å²) in [5.41, 5.74) is 0.715. The van der Waals surface area contributed by atoms with E-state index in [9.17, 15) is 22.8 Å². The molecule has 8 heteroatoms. The minimum atomic E-state index is -1.66. The van der Waals surface area contributed by atoms with Gasteiger partial charge in [-0.15, -0.1) is 11.3 Å². The van der Waals surface area contributed by atoms with Gasteiger partial charge in [-0.2, -0.15) is 0 Å². The number of carbonyl (C=O) groups excluding carboxylic acids is 2. The first kappa shape index (κ1) is 18.4. The van der Waals surface area contributed by atoms with Crippen molar-refractivity contribution in [2.75, 3.05) is 18.9 Å². The van der Waals surface area contributed by atoms with E-state index in [-0.39, 0.29) is 12.5 Å². The normalized spacial score (nSPS) is 13.2. The number of carbonyl (C=O) groups is 2. The fourth-order valence-electron chi connectivity index (χ4n) is 2.88. The van der Waals surface area contributed by atoms with Crippen LogP contribution < -0.4 is 5.32 Å². The number of aryl methyl sites for hydroxylation is 2. The van der Waals surface area contributed by atoms with Crippen LogP contribution in [-0.2, 0) is 17.6 Å².